The van der Waals surface area contributed by atoms with E-state index in [-0.39, 0.29) is 16.9 Å². The summed E-state index contributed by atoms with van der Waals surface area (Å²) in [4.78, 5) is 10.5. The molecule has 0 aliphatic rings. The Morgan fingerprint density at radius 2 is 2.05 bits per heavy atom. The average molecular weight is 321 g/mol. The fourth-order valence-corrected chi connectivity index (χ4v) is 2.00. The van der Waals surface area contributed by atoms with E-state index in [0.29, 0.717) is 4.47 Å². The van der Waals surface area contributed by atoms with Gasteiger partial charge in [0.25, 0.3) is 5.69 Å². The highest BCUT2D eigenvalue weighted by atomic mass is 79.9. The van der Waals surface area contributed by atoms with E-state index < -0.39 is 4.92 Å². The Morgan fingerprint density at radius 3 is 2.53 bits per heavy atom. The Morgan fingerprint density at radius 1 is 1.47 bits per heavy atom. The number of nitriles is 2. The Balaban J connectivity index is 3.39. The molecule has 19 heavy (non-hydrogen) atoms. The van der Waals surface area contributed by atoms with Gasteiger partial charge in [0.05, 0.1) is 9.40 Å². The largest absolute Gasteiger partial charge is 0.353 e. The number of hydrogen-bond acceptors (Lipinski definition) is 5. The molecule has 0 aliphatic heterocycles. The molecule has 0 bridgehead atoms. The third kappa shape index (κ3) is 3.09. The highest BCUT2D eigenvalue weighted by molar-refractivity contribution is 9.10. The molecule has 0 heterocycles. The van der Waals surface area contributed by atoms with Crippen LogP contribution in [-0.2, 0) is 0 Å². The molecular formula is C12H9BrN4O2. The lowest BCUT2D eigenvalue weighted by Gasteiger charge is -2.10. The molecule has 0 saturated carbocycles. The Hall–Kier alpha value is -2.38. The van der Waals surface area contributed by atoms with E-state index in [1.165, 1.54) is 6.07 Å². The molecular weight excluding hydrogens is 312 g/mol. The molecule has 0 radical (unpaired) electrons. The summed E-state index contributed by atoms with van der Waals surface area (Å²) in [6.45, 7) is 3.58. The lowest BCUT2D eigenvalue weighted by atomic mass is 10.1. The smallest absolute Gasteiger partial charge is 0.294 e. The fraction of sp³-hybridized carbons (Fsp3) is 0.167. The second-order valence-electron chi connectivity index (χ2n) is 3.71. The van der Waals surface area contributed by atoms with E-state index >= 15 is 0 Å². The molecule has 1 aromatic rings. The van der Waals surface area contributed by atoms with Gasteiger partial charge in [-0.1, -0.05) is 0 Å². The van der Waals surface area contributed by atoms with Crippen LogP contribution in [0.25, 0.3) is 0 Å². The number of nitrogens with zero attached hydrogens (tertiary/aromatic N) is 3. The van der Waals surface area contributed by atoms with Gasteiger partial charge in [0, 0.05) is 12.3 Å². The molecule has 0 unspecified atom stereocenters. The van der Waals surface area contributed by atoms with E-state index in [9.17, 15) is 10.1 Å². The van der Waals surface area contributed by atoms with Gasteiger partial charge in [-0.2, -0.15) is 10.5 Å². The van der Waals surface area contributed by atoms with Crippen molar-refractivity contribution in [2.24, 2.45) is 0 Å². The molecule has 0 aromatic heterocycles. The first kappa shape index (κ1) is 14.7. The average Bonchev–Trinajstić information content (AvgIpc) is 2.38. The van der Waals surface area contributed by atoms with Crippen LogP contribution >= 0.6 is 15.9 Å². The number of aryl methyl sites for hydroxylation is 1. The van der Waals surface area contributed by atoms with Gasteiger partial charge in [-0.25, -0.2) is 0 Å². The van der Waals surface area contributed by atoms with Gasteiger partial charge in [-0.05, 0) is 40.9 Å². The molecule has 0 atom stereocenters. The molecule has 0 saturated heterocycles. The van der Waals surface area contributed by atoms with Crippen LogP contribution < -0.4 is 5.32 Å². The van der Waals surface area contributed by atoms with Crippen LogP contribution in [0.1, 0.15) is 11.1 Å². The van der Waals surface area contributed by atoms with Crippen molar-refractivity contribution < 1.29 is 4.92 Å². The van der Waals surface area contributed by atoms with Crippen LogP contribution in [0, 0.1) is 46.6 Å². The molecule has 96 valence electrons. The number of nitro groups is 1. The highest BCUT2D eigenvalue weighted by Crippen LogP contribution is 2.37. The van der Waals surface area contributed by atoms with Gasteiger partial charge < -0.3 is 5.32 Å². The minimum Gasteiger partial charge on any atom is -0.353 e. The molecule has 0 amide bonds. The first-order chi connectivity index (χ1) is 8.92. The summed E-state index contributed by atoms with van der Waals surface area (Å²) in [6.07, 6.45) is 1.14. The summed E-state index contributed by atoms with van der Waals surface area (Å²) in [7, 11) is 0. The number of allylic oxidation sites excluding steroid dienone is 1. The maximum Gasteiger partial charge on any atom is 0.294 e. The van der Waals surface area contributed by atoms with E-state index in [0.717, 1.165) is 17.3 Å². The predicted octanol–water partition coefficient (Wildman–Crippen LogP) is 3.32. The summed E-state index contributed by atoms with van der Waals surface area (Å²) >= 11 is 3.28. The van der Waals surface area contributed by atoms with Crippen molar-refractivity contribution >= 4 is 27.3 Å². The molecule has 0 spiro atoms. The molecule has 7 heteroatoms. The minimum absolute atomic E-state index is 0.124. The third-order valence-corrected chi connectivity index (χ3v) is 3.54. The van der Waals surface area contributed by atoms with Crippen LogP contribution in [-0.4, -0.2) is 4.92 Å². The Kier molecular flexibility index (Phi) is 4.62. The Bertz CT molecular complexity index is 637. The lowest BCUT2D eigenvalue weighted by Crippen LogP contribution is -2.00. The standard InChI is InChI=1S/C12H9BrN4O2/c1-7-3-10(17(18)19)12(11(13)8(7)2)16-6-9(4-14)5-15/h3,6,16H,1-2H3. The number of nitrogens with one attached hydrogen (secondary N) is 1. The predicted molar refractivity (Wildman–Crippen MR) is 73.2 cm³/mol. The summed E-state index contributed by atoms with van der Waals surface area (Å²) < 4.78 is 0.533. The first-order valence-electron chi connectivity index (χ1n) is 5.13. The molecule has 0 aliphatic carbocycles. The summed E-state index contributed by atoms with van der Waals surface area (Å²) in [5.74, 6) is 0. The summed E-state index contributed by atoms with van der Waals surface area (Å²) in [6, 6.07) is 4.78. The molecule has 0 fully saturated rings. The minimum atomic E-state index is -0.522. The summed E-state index contributed by atoms with van der Waals surface area (Å²) in [5.41, 5.74) is 1.54. The first-order valence-corrected chi connectivity index (χ1v) is 5.92. The van der Waals surface area contributed by atoms with Gasteiger partial charge in [0.2, 0.25) is 0 Å². The van der Waals surface area contributed by atoms with Crippen molar-refractivity contribution in [1.82, 2.24) is 0 Å². The zero-order valence-corrected chi connectivity index (χ0v) is 11.8. The van der Waals surface area contributed by atoms with Gasteiger partial charge in [0.1, 0.15) is 23.4 Å². The summed E-state index contributed by atoms with van der Waals surface area (Å²) in [5, 5.41) is 30.9. The van der Waals surface area contributed by atoms with Crippen molar-refractivity contribution in [1.29, 1.82) is 10.5 Å². The van der Waals surface area contributed by atoms with E-state index in [1.807, 2.05) is 6.92 Å². The van der Waals surface area contributed by atoms with Crippen LogP contribution in [0.3, 0.4) is 0 Å². The second kappa shape index (κ2) is 5.98. The zero-order chi connectivity index (χ0) is 14.6. The van der Waals surface area contributed by atoms with Crippen LogP contribution in [0.2, 0.25) is 0 Å². The SMILES string of the molecule is Cc1cc([N+](=O)[O-])c(NC=C(C#N)C#N)c(Br)c1C. The number of halogens is 1. The number of anilines is 1. The normalized spacial score (nSPS) is 9.11. The van der Waals surface area contributed by atoms with Crippen LogP contribution in [0.15, 0.2) is 22.3 Å². The van der Waals surface area contributed by atoms with E-state index in [2.05, 4.69) is 21.2 Å². The number of nitro benzene ring substituents is 1. The monoisotopic (exact) mass is 320 g/mol. The molecule has 6 nitrogen and oxygen atoms in total. The maximum absolute atomic E-state index is 11.0. The van der Waals surface area contributed by atoms with Gasteiger partial charge in [-0.15, -0.1) is 0 Å². The third-order valence-electron chi connectivity index (χ3n) is 2.55. The second-order valence-corrected chi connectivity index (χ2v) is 4.50. The molecule has 1 N–H and O–H groups in total. The quantitative estimate of drug-likeness (QED) is 0.522. The topological polar surface area (TPSA) is 103 Å². The zero-order valence-electron chi connectivity index (χ0n) is 10.2. The van der Waals surface area contributed by atoms with Crippen molar-refractivity contribution in [2.75, 3.05) is 5.32 Å². The van der Waals surface area contributed by atoms with Gasteiger partial charge in [0.15, 0.2) is 0 Å². The fourth-order valence-electron chi connectivity index (χ4n) is 1.37. The van der Waals surface area contributed by atoms with E-state index in [4.69, 9.17) is 10.5 Å². The van der Waals surface area contributed by atoms with Gasteiger partial charge >= 0.3 is 0 Å². The highest BCUT2D eigenvalue weighted by Gasteiger charge is 2.19. The molecule has 1 rings (SSSR count). The van der Waals surface area contributed by atoms with Crippen molar-refractivity contribution in [3.8, 4) is 12.1 Å². The Labute approximate surface area is 118 Å². The lowest BCUT2D eigenvalue weighted by molar-refractivity contribution is -0.384. The van der Waals surface area contributed by atoms with E-state index in [1.54, 1.807) is 19.1 Å². The van der Waals surface area contributed by atoms with Crippen LogP contribution in [0.4, 0.5) is 11.4 Å². The van der Waals surface area contributed by atoms with Gasteiger partial charge in [-0.3, -0.25) is 10.1 Å². The van der Waals surface area contributed by atoms with Crippen molar-refractivity contribution in [3.05, 3.63) is 43.6 Å². The van der Waals surface area contributed by atoms with Crippen LogP contribution in [0.5, 0.6) is 0 Å². The van der Waals surface area contributed by atoms with Crippen molar-refractivity contribution in [3.63, 3.8) is 0 Å². The number of rotatable bonds is 3. The number of benzene rings is 1. The van der Waals surface area contributed by atoms with Crippen molar-refractivity contribution in [2.45, 2.75) is 13.8 Å². The maximum atomic E-state index is 11.0. The number of hydrogen-bond donors (Lipinski definition) is 1. The molecule has 1 aromatic carbocycles.